The van der Waals surface area contributed by atoms with Gasteiger partial charge in [0, 0.05) is 0 Å². The highest BCUT2D eigenvalue weighted by molar-refractivity contribution is 5.71. The standard InChI is InChI=1S/C17H25NO3/c1-5-21-16(19)12-17(18(2)3)10-6-7-13-11-14(20-4)8-9-15(13)17/h8-9,11H,5-7,10,12H2,1-4H3. The fraction of sp³-hybridized carbons (Fsp3) is 0.588. The molecule has 1 unspecified atom stereocenters. The van der Waals surface area contributed by atoms with Crippen LogP contribution >= 0.6 is 0 Å². The molecule has 4 heteroatoms. The zero-order chi connectivity index (χ0) is 15.5. The number of hydrogen-bond acceptors (Lipinski definition) is 4. The van der Waals surface area contributed by atoms with Gasteiger partial charge in [-0.3, -0.25) is 9.69 Å². The van der Waals surface area contributed by atoms with E-state index in [0.717, 1.165) is 25.0 Å². The van der Waals surface area contributed by atoms with Crippen molar-refractivity contribution >= 4 is 5.97 Å². The van der Waals surface area contributed by atoms with Crippen LogP contribution in [0.4, 0.5) is 0 Å². The maximum atomic E-state index is 12.1. The first-order valence-corrected chi connectivity index (χ1v) is 7.54. The zero-order valence-corrected chi connectivity index (χ0v) is 13.4. The van der Waals surface area contributed by atoms with E-state index in [2.05, 4.69) is 17.0 Å². The Hall–Kier alpha value is -1.55. The van der Waals surface area contributed by atoms with Crippen LogP contribution in [0.2, 0.25) is 0 Å². The molecule has 0 spiro atoms. The van der Waals surface area contributed by atoms with Crippen LogP contribution in [-0.2, 0) is 21.5 Å². The van der Waals surface area contributed by atoms with Crippen molar-refractivity contribution in [3.05, 3.63) is 29.3 Å². The molecule has 0 heterocycles. The second-order valence-corrected chi connectivity index (χ2v) is 5.78. The largest absolute Gasteiger partial charge is 0.497 e. The molecule has 0 bridgehead atoms. The highest BCUT2D eigenvalue weighted by Gasteiger charge is 2.41. The molecular weight excluding hydrogens is 266 g/mol. The lowest BCUT2D eigenvalue weighted by Gasteiger charge is -2.44. The summed E-state index contributed by atoms with van der Waals surface area (Å²) >= 11 is 0. The molecule has 0 amide bonds. The topological polar surface area (TPSA) is 38.8 Å². The first-order valence-electron chi connectivity index (χ1n) is 7.54. The van der Waals surface area contributed by atoms with Crippen molar-refractivity contribution in [2.75, 3.05) is 27.8 Å². The lowest BCUT2D eigenvalue weighted by Crippen LogP contribution is -2.46. The average molecular weight is 291 g/mol. The number of carbonyl (C=O) groups is 1. The summed E-state index contributed by atoms with van der Waals surface area (Å²) in [6.45, 7) is 2.28. The van der Waals surface area contributed by atoms with Gasteiger partial charge in [-0.15, -0.1) is 0 Å². The van der Waals surface area contributed by atoms with E-state index in [1.54, 1.807) is 7.11 Å². The van der Waals surface area contributed by atoms with Crippen molar-refractivity contribution in [1.29, 1.82) is 0 Å². The number of benzene rings is 1. The molecule has 2 rings (SSSR count). The fourth-order valence-electron chi connectivity index (χ4n) is 3.32. The van der Waals surface area contributed by atoms with Gasteiger partial charge in [0.2, 0.25) is 0 Å². The van der Waals surface area contributed by atoms with E-state index in [-0.39, 0.29) is 11.5 Å². The third-order valence-electron chi connectivity index (χ3n) is 4.45. The van der Waals surface area contributed by atoms with Crippen molar-refractivity contribution in [2.45, 2.75) is 38.1 Å². The van der Waals surface area contributed by atoms with Crippen LogP contribution in [0.5, 0.6) is 5.75 Å². The van der Waals surface area contributed by atoms with Crippen molar-refractivity contribution in [3.63, 3.8) is 0 Å². The summed E-state index contributed by atoms with van der Waals surface area (Å²) in [5.74, 6) is 0.745. The van der Waals surface area contributed by atoms with Gasteiger partial charge in [-0.05, 0) is 63.5 Å². The van der Waals surface area contributed by atoms with Crippen LogP contribution in [0.1, 0.15) is 37.3 Å². The van der Waals surface area contributed by atoms with E-state index < -0.39 is 0 Å². The second kappa shape index (κ2) is 6.48. The average Bonchev–Trinajstić information content (AvgIpc) is 2.46. The minimum Gasteiger partial charge on any atom is -0.497 e. The third-order valence-corrected chi connectivity index (χ3v) is 4.45. The van der Waals surface area contributed by atoms with Gasteiger partial charge in [0.1, 0.15) is 5.75 Å². The first-order chi connectivity index (χ1) is 10.0. The number of esters is 1. The van der Waals surface area contributed by atoms with Crippen LogP contribution in [0.15, 0.2) is 18.2 Å². The molecule has 0 saturated carbocycles. The molecule has 0 fully saturated rings. The van der Waals surface area contributed by atoms with Crippen LogP contribution in [0.25, 0.3) is 0 Å². The second-order valence-electron chi connectivity index (χ2n) is 5.78. The predicted molar refractivity (Wildman–Crippen MR) is 82.5 cm³/mol. The van der Waals surface area contributed by atoms with Gasteiger partial charge in [0.05, 0.1) is 25.7 Å². The lowest BCUT2D eigenvalue weighted by atomic mass is 9.73. The quantitative estimate of drug-likeness (QED) is 0.782. The number of carbonyl (C=O) groups excluding carboxylic acids is 1. The highest BCUT2D eigenvalue weighted by Crippen LogP contribution is 2.42. The van der Waals surface area contributed by atoms with Crippen LogP contribution < -0.4 is 4.74 Å². The van der Waals surface area contributed by atoms with Gasteiger partial charge in [0.25, 0.3) is 0 Å². The Balaban J connectivity index is 2.42. The maximum absolute atomic E-state index is 12.1. The molecule has 1 aliphatic carbocycles. The zero-order valence-electron chi connectivity index (χ0n) is 13.4. The minimum atomic E-state index is -0.272. The van der Waals surface area contributed by atoms with Crippen LogP contribution in [0, 0.1) is 0 Å². The smallest absolute Gasteiger partial charge is 0.308 e. The molecule has 4 nitrogen and oxygen atoms in total. The van der Waals surface area contributed by atoms with Gasteiger partial charge in [-0.1, -0.05) is 6.07 Å². The molecule has 0 radical (unpaired) electrons. The Bertz CT molecular complexity index is 513. The van der Waals surface area contributed by atoms with Crippen LogP contribution in [0.3, 0.4) is 0 Å². The van der Waals surface area contributed by atoms with Gasteiger partial charge in [-0.2, -0.15) is 0 Å². The van der Waals surface area contributed by atoms with Crippen molar-refractivity contribution in [2.24, 2.45) is 0 Å². The fourth-order valence-corrected chi connectivity index (χ4v) is 3.32. The van der Waals surface area contributed by atoms with E-state index >= 15 is 0 Å². The Morgan fingerprint density at radius 3 is 2.76 bits per heavy atom. The Morgan fingerprint density at radius 2 is 2.14 bits per heavy atom. The summed E-state index contributed by atoms with van der Waals surface area (Å²) < 4.78 is 10.5. The van der Waals surface area contributed by atoms with E-state index in [4.69, 9.17) is 9.47 Å². The van der Waals surface area contributed by atoms with E-state index in [1.165, 1.54) is 11.1 Å². The first kappa shape index (κ1) is 15.8. The summed E-state index contributed by atoms with van der Waals surface area (Å²) in [6, 6.07) is 6.18. The molecule has 116 valence electrons. The number of methoxy groups -OCH3 is 1. The molecule has 1 atom stereocenters. The summed E-state index contributed by atoms with van der Waals surface area (Å²) in [7, 11) is 5.76. The highest BCUT2D eigenvalue weighted by atomic mass is 16.5. The summed E-state index contributed by atoms with van der Waals surface area (Å²) in [5, 5.41) is 0. The molecule has 0 N–H and O–H groups in total. The molecule has 0 saturated heterocycles. The predicted octanol–water partition coefficient (Wildman–Crippen LogP) is 2.74. The van der Waals surface area contributed by atoms with E-state index in [1.807, 2.05) is 27.1 Å². The number of fused-ring (bicyclic) bond motifs is 1. The number of ether oxygens (including phenoxy) is 2. The molecule has 21 heavy (non-hydrogen) atoms. The molecular formula is C17H25NO3. The number of hydrogen-bond donors (Lipinski definition) is 0. The SMILES string of the molecule is CCOC(=O)CC1(N(C)C)CCCc2cc(OC)ccc21. The minimum absolute atomic E-state index is 0.130. The summed E-state index contributed by atoms with van der Waals surface area (Å²) in [4.78, 5) is 14.2. The molecule has 0 aliphatic heterocycles. The number of nitrogens with zero attached hydrogens (tertiary/aromatic N) is 1. The summed E-state index contributed by atoms with van der Waals surface area (Å²) in [6.07, 6.45) is 3.47. The molecule has 1 aromatic rings. The Morgan fingerprint density at radius 1 is 1.38 bits per heavy atom. The monoisotopic (exact) mass is 291 g/mol. The maximum Gasteiger partial charge on any atom is 0.308 e. The van der Waals surface area contributed by atoms with E-state index in [9.17, 15) is 4.79 Å². The van der Waals surface area contributed by atoms with E-state index in [0.29, 0.717) is 13.0 Å². The molecule has 0 aromatic heterocycles. The number of rotatable bonds is 5. The van der Waals surface area contributed by atoms with Crippen molar-refractivity contribution < 1.29 is 14.3 Å². The molecule has 1 aromatic carbocycles. The van der Waals surface area contributed by atoms with Gasteiger partial charge in [0.15, 0.2) is 0 Å². The lowest BCUT2D eigenvalue weighted by molar-refractivity contribution is -0.146. The summed E-state index contributed by atoms with van der Waals surface area (Å²) in [5.41, 5.74) is 2.23. The Kier molecular flexibility index (Phi) is 4.88. The van der Waals surface area contributed by atoms with Gasteiger partial charge >= 0.3 is 5.97 Å². The van der Waals surface area contributed by atoms with Crippen molar-refractivity contribution in [3.8, 4) is 5.75 Å². The van der Waals surface area contributed by atoms with Gasteiger partial charge in [-0.25, -0.2) is 0 Å². The van der Waals surface area contributed by atoms with Crippen molar-refractivity contribution in [1.82, 2.24) is 4.90 Å². The number of aryl methyl sites for hydroxylation is 1. The van der Waals surface area contributed by atoms with Crippen LogP contribution in [-0.4, -0.2) is 38.7 Å². The normalized spacial score (nSPS) is 21.0. The molecule has 1 aliphatic rings. The Labute approximate surface area is 127 Å². The van der Waals surface area contributed by atoms with Gasteiger partial charge < -0.3 is 9.47 Å². The third kappa shape index (κ3) is 3.05.